The monoisotopic (exact) mass is 742 g/mol. The van der Waals surface area contributed by atoms with E-state index in [1.54, 1.807) is 4.68 Å². The number of halogens is 3. The zero-order valence-corrected chi connectivity index (χ0v) is 30.3. The number of amides is 1. The summed E-state index contributed by atoms with van der Waals surface area (Å²) in [5.41, 5.74) is 1.56. The minimum atomic E-state index is -4.55. The Morgan fingerprint density at radius 3 is 2.34 bits per heavy atom. The van der Waals surface area contributed by atoms with Gasteiger partial charge in [-0.1, -0.05) is 6.07 Å². The summed E-state index contributed by atoms with van der Waals surface area (Å²) in [6.45, 7) is 5.93. The van der Waals surface area contributed by atoms with Gasteiger partial charge in [0.2, 0.25) is 15.9 Å². The number of likely N-dealkylation sites (tertiary alicyclic amines) is 3. The minimum absolute atomic E-state index is 0.0190. The molecule has 0 saturated carbocycles. The number of carbonyl (C=O) groups excluding carboxylic acids is 1. The molecule has 2 aromatic rings. The number of rotatable bonds is 11. The number of piperidine rings is 2. The number of β-amino-alcohol motifs (C(OH)–C–C–N with tert-alkyl or cyclic N) is 1. The van der Waals surface area contributed by atoms with E-state index in [1.165, 1.54) is 16.4 Å². The van der Waals surface area contributed by atoms with Crippen LogP contribution >= 0.6 is 11.8 Å². The van der Waals surface area contributed by atoms with Gasteiger partial charge in [0.1, 0.15) is 0 Å². The number of sulfonamides is 1. The quantitative estimate of drug-likeness (QED) is 0.335. The maximum absolute atomic E-state index is 14.1. The van der Waals surface area contributed by atoms with Gasteiger partial charge in [-0.25, -0.2) is 8.42 Å². The van der Waals surface area contributed by atoms with Crippen LogP contribution in [0.1, 0.15) is 55.3 Å². The number of thioether (sulfide) groups is 1. The summed E-state index contributed by atoms with van der Waals surface area (Å²) < 4.78 is 70.6. The standard InChI is InChI=1S/C34H49F3N6O5S2/c1-50(47,48)42-17-10-30-28(23-42)32(25-4-5-29(34(35,36)37)31(20-25)49-19-18-39-15-8-26(44)9-16-39)38-43(30)22-27(45)21-40-13-6-24(7-14-40)33(46)41-11-2-3-12-41/h4-5,20,24,26-27,44-45H,2-3,6-19,21-23H2,1H3. The second-order valence-electron chi connectivity index (χ2n) is 14.2. The first-order valence-electron chi connectivity index (χ1n) is 17.7. The average molecular weight is 743 g/mol. The van der Waals surface area contributed by atoms with E-state index >= 15 is 0 Å². The van der Waals surface area contributed by atoms with Crippen molar-refractivity contribution in [3.8, 4) is 11.3 Å². The first-order chi connectivity index (χ1) is 23.8. The number of aliphatic hydroxyl groups excluding tert-OH is 2. The van der Waals surface area contributed by atoms with Crippen molar-refractivity contribution >= 4 is 27.7 Å². The number of aromatic nitrogens is 2. The van der Waals surface area contributed by atoms with Crippen molar-refractivity contribution in [2.24, 2.45) is 5.92 Å². The van der Waals surface area contributed by atoms with E-state index < -0.39 is 27.9 Å². The minimum Gasteiger partial charge on any atom is -0.393 e. The summed E-state index contributed by atoms with van der Waals surface area (Å²) in [4.78, 5) is 19.2. The van der Waals surface area contributed by atoms with Crippen LogP contribution in [-0.2, 0) is 40.5 Å². The fourth-order valence-corrected chi connectivity index (χ4v) is 9.60. The molecule has 11 nitrogen and oxygen atoms in total. The molecule has 278 valence electrons. The molecule has 2 N–H and O–H groups in total. The number of benzene rings is 1. The Morgan fingerprint density at radius 2 is 1.68 bits per heavy atom. The molecule has 3 fully saturated rings. The smallest absolute Gasteiger partial charge is 0.393 e. The van der Waals surface area contributed by atoms with Crippen LogP contribution in [0.25, 0.3) is 11.3 Å². The maximum atomic E-state index is 14.1. The molecule has 1 amide bonds. The van der Waals surface area contributed by atoms with Gasteiger partial charge in [0.25, 0.3) is 0 Å². The third kappa shape index (κ3) is 9.04. The number of hydrogen-bond donors (Lipinski definition) is 2. The molecule has 1 unspecified atom stereocenters. The van der Waals surface area contributed by atoms with Crippen molar-refractivity contribution in [1.82, 2.24) is 28.8 Å². The van der Waals surface area contributed by atoms with Gasteiger partial charge in [-0.15, -0.1) is 11.8 Å². The molecule has 1 atom stereocenters. The van der Waals surface area contributed by atoms with Gasteiger partial charge in [-0.3, -0.25) is 9.48 Å². The Labute approximate surface area is 296 Å². The Hall–Kier alpha value is -2.21. The van der Waals surface area contributed by atoms with Crippen molar-refractivity contribution in [3.63, 3.8) is 0 Å². The highest BCUT2D eigenvalue weighted by Crippen LogP contribution is 2.40. The zero-order valence-electron chi connectivity index (χ0n) is 28.7. The number of carbonyl (C=O) groups is 1. The van der Waals surface area contributed by atoms with Crippen molar-refractivity contribution in [2.45, 2.75) is 81.3 Å². The molecule has 16 heteroatoms. The van der Waals surface area contributed by atoms with E-state index in [1.807, 2.05) is 4.90 Å². The molecule has 0 radical (unpaired) electrons. The lowest BCUT2D eigenvalue weighted by atomic mass is 9.95. The van der Waals surface area contributed by atoms with Gasteiger partial charge in [0.05, 0.1) is 36.3 Å². The fraction of sp³-hybridized carbons (Fsp3) is 0.706. The SMILES string of the molecule is CS(=O)(=O)N1CCc2c(c(-c3ccc(C(F)(F)F)c(SCCN4CCC(O)CC4)c3)nn2CC(O)CN2CCC(C(=O)N3CCCC3)CC2)C1. The van der Waals surface area contributed by atoms with Crippen LogP contribution in [0.5, 0.6) is 0 Å². The highest BCUT2D eigenvalue weighted by molar-refractivity contribution is 7.99. The Kier molecular flexibility index (Phi) is 11.9. The third-order valence-corrected chi connectivity index (χ3v) is 12.8. The molecule has 0 bridgehead atoms. The number of alkyl halides is 3. The largest absolute Gasteiger partial charge is 0.417 e. The van der Waals surface area contributed by atoms with Crippen molar-refractivity contribution in [3.05, 3.63) is 35.0 Å². The summed E-state index contributed by atoms with van der Waals surface area (Å²) in [7, 11) is -3.54. The molecule has 5 heterocycles. The van der Waals surface area contributed by atoms with E-state index in [0.717, 1.165) is 68.6 Å². The van der Waals surface area contributed by atoms with Gasteiger partial charge in [0.15, 0.2) is 0 Å². The summed E-state index contributed by atoms with van der Waals surface area (Å²) in [6, 6.07) is 3.98. The summed E-state index contributed by atoms with van der Waals surface area (Å²) in [5.74, 6) is 0.701. The molecule has 0 spiro atoms. The van der Waals surface area contributed by atoms with E-state index in [-0.39, 0.29) is 42.5 Å². The van der Waals surface area contributed by atoms with Crippen LogP contribution in [0, 0.1) is 5.92 Å². The predicted octanol–water partition coefficient (Wildman–Crippen LogP) is 3.13. The van der Waals surface area contributed by atoms with Crippen LogP contribution < -0.4 is 0 Å². The van der Waals surface area contributed by atoms with Crippen LogP contribution in [0.4, 0.5) is 13.2 Å². The Bertz CT molecular complexity index is 1600. The molecule has 4 aliphatic heterocycles. The fourth-order valence-electron chi connectivity index (χ4n) is 7.70. The number of hydrogen-bond acceptors (Lipinski definition) is 9. The zero-order chi connectivity index (χ0) is 35.6. The van der Waals surface area contributed by atoms with Crippen LogP contribution in [0.15, 0.2) is 23.1 Å². The van der Waals surface area contributed by atoms with Gasteiger partial charge >= 0.3 is 6.18 Å². The van der Waals surface area contributed by atoms with Crippen LogP contribution in [-0.4, -0.2) is 136 Å². The van der Waals surface area contributed by atoms with E-state index in [2.05, 4.69) is 9.80 Å². The van der Waals surface area contributed by atoms with Crippen LogP contribution in [0.3, 0.4) is 0 Å². The highest BCUT2D eigenvalue weighted by Gasteiger charge is 2.36. The van der Waals surface area contributed by atoms with E-state index in [9.17, 15) is 36.6 Å². The molecular formula is C34H49F3N6O5S2. The van der Waals surface area contributed by atoms with E-state index in [0.29, 0.717) is 81.1 Å². The first-order valence-corrected chi connectivity index (χ1v) is 20.6. The van der Waals surface area contributed by atoms with Gasteiger partial charge in [-0.2, -0.15) is 22.6 Å². The van der Waals surface area contributed by atoms with Gasteiger partial charge in [-0.05, 0) is 63.7 Å². The maximum Gasteiger partial charge on any atom is 0.417 e. The topological polar surface area (TPSA) is 122 Å². The van der Waals surface area contributed by atoms with Crippen molar-refractivity contribution in [2.75, 3.05) is 70.9 Å². The number of aliphatic hydroxyl groups is 2. The molecular weight excluding hydrogens is 694 g/mol. The molecule has 0 aliphatic carbocycles. The lowest BCUT2D eigenvalue weighted by Gasteiger charge is -2.34. The normalized spacial score (nSPS) is 21.5. The Morgan fingerprint density at radius 1 is 1.00 bits per heavy atom. The highest BCUT2D eigenvalue weighted by atomic mass is 32.2. The summed E-state index contributed by atoms with van der Waals surface area (Å²) >= 11 is 1.13. The Balaban J connectivity index is 1.19. The summed E-state index contributed by atoms with van der Waals surface area (Å²) in [6.07, 6.45) is 0.759. The van der Waals surface area contributed by atoms with Gasteiger partial charge in [0, 0.05) is 92.2 Å². The lowest BCUT2D eigenvalue weighted by molar-refractivity contribution is -0.139. The molecule has 50 heavy (non-hydrogen) atoms. The molecule has 6 rings (SSSR count). The molecule has 3 saturated heterocycles. The summed E-state index contributed by atoms with van der Waals surface area (Å²) in [5, 5.41) is 25.8. The number of nitrogens with zero attached hydrogens (tertiary/aromatic N) is 6. The predicted molar refractivity (Wildman–Crippen MR) is 185 cm³/mol. The van der Waals surface area contributed by atoms with Crippen molar-refractivity contribution in [1.29, 1.82) is 0 Å². The third-order valence-electron chi connectivity index (χ3n) is 10.6. The van der Waals surface area contributed by atoms with Crippen molar-refractivity contribution < 1.29 is 36.6 Å². The molecule has 4 aliphatic rings. The van der Waals surface area contributed by atoms with Crippen LogP contribution in [0.2, 0.25) is 0 Å². The second kappa shape index (κ2) is 15.8. The second-order valence-corrected chi connectivity index (χ2v) is 17.3. The first kappa shape index (κ1) is 37.5. The van der Waals surface area contributed by atoms with E-state index in [4.69, 9.17) is 5.10 Å². The lowest BCUT2D eigenvalue weighted by Crippen LogP contribution is -2.44. The van der Waals surface area contributed by atoms with Gasteiger partial charge < -0.3 is 24.9 Å². The molecule has 1 aromatic carbocycles. The number of fused-ring (bicyclic) bond motifs is 1. The average Bonchev–Trinajstić information content (AvgIpc) is 3.74. The molecule has 1 aromatic heterocycles.